The third-order valence-corrected chi connectivity index (χ3v) is 5.47. The van der Waals surface area contributed by atoms with E-state index in [0.717, 1.165) is 17.7 Å². The van der Waals surface area contributed by atoms with Gasteiger partial charge in [0.1, 0.15) is 5.37 Å². The normalized spacial score (nSPS) is 14.2. The van der Waals surface area contributed by atoms with E-state index >= 15 is 0 Å². The Morgan fingerprint density at radius 2 is 1.57 bits per heavy atom. The molecule has 0 spiro atoms. The van der Waals surface area contributed by atoms with Crippen LogP contribution in [0.1, 0.15) is 5.56 Å². The quantitative estimate of drug-likeness (QED) is 0.603. The average Bonchev–Trinajstić information content (AvgIpc) is 2.55. The number of nitro benzene ring substituents is 1. The van der Waals surface area contributed by atoms with Crippen LogP contribution >= 0.6 is 0 Å². The number of benzene rings is 2. The number of hydrogen-bond donors (Lipinski definition) is 2. The Kier molecular flexibility index (Phi) is 5.09. The van der Waals surface area contributed by atoms with E-state index in [4.69, 9.17) is 11.5 Å². The zero-order valence-electron chi connectivity index (χ0n) is 12.2. The highest BCUT2D eigenvalue weighted by atomic mass is 32.2. The van der Waals surface area contributed by atoms with Crippen LogP contribution in [0.2, 0.25) is 0 Å². The van der Waals surface area contributed by atoms with E-state index in [1.807, 2.05) is 30.3 Å². The van der Waals surface area contributed by atoms with Crippen LogP contribution in [0.4, 0.5) is 5.69 Å². The molecule has 0 aliphatic heterocycles. The van der Waals surface area contributed by atoms with E-state index in [2.05, 4.69) is 0 Å². The molecule has 2 atom stereocenters. The maximum Gasteiger partial charge on any atom is 0.269 e. The Hall–Kier alpha value is -2.29. The standard InChI is InChI=1S/C15H17N3O4S/c16-14(10-11-4-2-1-3-5-11)15(17)23(21,22)13-8-6-12(7-9-13)18(19)20/h1-9,14-15H,10,16-17H2. The lowest BCUT2D eigenvalue weighted by Gasteiger charge is -2.20. The van der Waals surface area contributed by atoms with Gasteiger partial charge in [-0.3, -0.25) is 10.1 Å². The molecular weight excluding hydrogens is 318 g/mol. The van der Waals surface area contributed by atoms with Crippen molar-refractivity contribution in [3.05, 3.63) is 70.3 Å². The molecule has 0 aliphatic rings. The maximum absolute atomic E-state index is 12.5. The third kappa shape index (κ3) is 3.92. The highest BCUT2D eigenvalue weighted by molar-refractivity contribution is 7.92. The molecular formula is C15H17N3O4S. The average molecular weight is 335 g/mol. The van der Waals surface area contributed by atoms with Crippen LogP contribution in [-0.2, 0) is 16.3 Å². The van der Waals surface area contributed by atoms with Crippen molar-refractivity contribution in [2.24, 2.45) is 11.5 Å². The highest BCUT2D eigenvalue weighted by Crippen LogP contribution is 2.20. The van der Waals surface area contributed by atoms with Gasteiger partial charge in [-0.15, -0.1) is 0 Å². The second kappa shape index (κ2) is 6.86. The molecule has 2 unspecified atom stereocenters. The fraction of sp³-hybridized carbons (Fsp3) is 0.200. The van der Waals surface area contributed by atoms with Crippen LogP contribution in [0.3, 0.4) is 0 Å². The predicted octanol–water partition coefficient (Wildman–Crippen LogP) is 1.22. The summed E-state index contributed by atoms with van der Waals surface area (Å²) in [5.74, 6) is 0. The van der Waals surface area contributed by atoms with Gasteiger partial charge in [0.25, 0.3) is 5.69 Å². The number of rotatable bonds is 6. The first-order valence-corrected chi connectivity index (χ1v) is 8.40. The smallest absolute Gasteiger partial charge is 0.269 e. The molecule has 7 nitrogen and oxygen atoms in total. The molecule has 2 aromatic rings. The van der Waals surface area contributed by atoms with Crippen LogP contribution < -0.4 is 11.5 Å². The Balaban J connectivity index is 2.19. The van der Waals surface area contributed by atoms with Crippen molar-refractivity contribution >= 4 is 15.5 Å². The molecule has 122 valence electrons. The molecule has 0 radical (unpaired) electrons. The van der Waals surface area contributed by atoms with E-state index in [0.29, 0.717) is 6.42 Å². The number of sulfone groups is 1. The van der Waals surface area contributed by atoms with Crippen molar-refractivity contribution in [3.8, 4) is 0 Å². The van der Waals surface area contributed by atoms with Crippen molar-refractivity contribution in [1.82, 2.24) is 0 Å². The first kappa shape index (κ1) is 17.1. The fourth-order valence-corrected chi connectivity index (χ4v) is 3.53. The molecule has 0 fully saturated rings. The minimum Gasteiger partial charge on any atom is -0.325 e. The molecule has 0 bridgehead atoms. The molecule has 8 heteroatoms. The van der Waals surface area contributed by atoms with Gasteiger partial charge in [0.15, 0.2) is 9.84 Å². The molecule has 0 heterocycles. The first-order chi connectivity index (χ1) is 10.8. The van der Waals surface area contributed by atoms with Gasteiger partial charge in [0, 0.05) is 18.2 Å². The Labute approximate surface area is 134 Å². The Morgan fingerprint density at radius 3 is 2.09 bits per heavy atom. The number of hydrogen-bond acceptors (Lipinski definition) is 6. The fourth-order valence-electron chi connectivity index (χ4n) is 2.15. The van der Waals surface area contributed by atoms with Crippen LogP contribution in [0, 0.1) is 10.1 Å². The maximum atomic E-state index is 12.5. The molecule has 0 aliphatic carbocycles. The summed E-state index contributed by atoms with van der Waals surface area (Å²) < 4.78 is 24.9. The summed E-state index contributed by atoms with van der Waals surface area (Å²) >= 11 is 0. The summed E-state index contributed by atoms with van der Waals surface area (Å²) in [5.41, 5.74) is 12.5. The van der Waals surface area contributed by atoms with E-state index in [1.54, 1.807) is 0 Å². The second-order valence-electron chi connectivity index (χ2n) is 5.11. The van der Waals surface area contributed by atoms with Crippen molar-refractivity contribution in [1.29, 1.82) is 0 Å². The van der Waals surface area contributed by atoms with E-state index in [1.165, 1.54) is 12.1 Å². The van der Waals surface area contributed by atoms with Crippen molar-refractivity contribution in [2.75, 3.05) is 0 Å². The first-order valence-electron chi connectivity index (χ1n) is 6.86. The van der Waals surface area contributed by atoms with Gasteiger partial charge in [-0.25, -0.2) is 8.42 Å². The molecule has 2 rings (SSSR count). The van der Waals surface area contributed by atoms with Gasteiger partial charge < -0.3 is 11.5 Å². The monoisotopic (exact) mass is 335 g/mol. The van der Waals surface area contributed by atoms with Gasteiger partial charge in [-0.2, -0.15) is 0 Å². The topological polar surface area (TPSA) is 129 Å². The van der Waals surface area contributed by atoms with Gasteiger partial charge in [-0.1, -0.05) is 30.3 Å². The number of nitro groups is 1. The van der Waals surface area contributed by atoms with Gasteiger partial charge in [0.2, 0.25) is 0 Å². The number of non-ortho nitro benzene ring substituents is 1. The lowest BCUT2D eigenvalue weighted by Crippen LogP contribution is -2.48. The molecule has 2 aromatic carbocycles. The molecule has 4 N–H and O–H groups in total. The number of nitrogens with zero attached hydrogens (tertiary/aromatic N) is 1. The SMILES string of the molecule is NC(Cc1ccccc1)C(N)S(=O)(=O)c1ccc([N+](=O)[O-])cc1. The Bertz CT molecular complexity index is 776. The molecule has 23 heavy (non-hydrogen) atoms. The van der Waals surface area contributed by atoms with Gasteiger partial charge in [0.05, 0.1) is 9.82 Å². The minimum absolute atomic E-state index is 0.0842. The van der Waals surface area contributed by atoms with Crippen molar-refractivity contribution < 1.29 is 13.3 Å². The summed E-state index contributed by atoms with van der Waals surface area (Å²) in [4.78, 5) is 9.93. The lowest BCUT2D eigenvalue weighted by atomic mass is 10.1. The molecule has 0 saturated heterocycles. The van der Waals surface area contributed by atoms with E-state index in [-0.39, 0.29) is 10.6 Å². The van der Waals surface area contributed by atoms with Crippen molar-refractivity contribution in [3.63, 3.8) is 0 Å². The number of nitrogens with two attached hydrogens (primary N) is 2. The van der Waals surface area contributed by atoms with Crippen LogP contribution in [0.15, 0.2) is 59.5 Å². The minimum atomic E-state index is -3.87. The summed E-state index contributed by atoms with van der Waals surface area (Å²) in [5, 5.41) is 9.32. The summed E-state index contributed by atoms with van der Waals surface area (Å²) in [6.45, 7) is 0. The van der Waals surface area contributed by atoms with Crippen molar-refractivity contribution in [2.45, 2.75) is 22.7 Å². The van der Waals surface area contributed by atoms with Crippen LogP contribution in [-0.4, -0.2) is 24.8 Å². The highest BCUT2D eigenvalue weighted by Gasteiger charge is 2.29. The van der Waals surface area contributed by atoms with E-state index in [9.17, 15) is 18.5 Å². The molecule has 0 aromatic heterocycles. The zero-order valence-corrected chi connectivity index (χ0v) is 13.0. The summed E-state index contributed by atoms with van der Waals surface area (Å²) in [7, 11) is -3.87. The Morgan fingerprint density at radius 1 is 1.00 bits per heavy atom. The predicted molar refractivity (Wildman–Crippen MR) is 86.4 cm³/mol. The van der Waals surface area contributed by atoms with Crippen LogP contribution in [0.25, 0.3) is 0 Å². The zero-order chi connectivity index (χ0) is 17.0. The molecule has 0 amide bonds. The lowest BCUT2D eigenvalue weighted by molar-refractivity contribution is -0.384. The second-order valence-corrected chi connectivity index (χ2v) is 7.22. The summed E-state index contributed by atoms with van der Waals surface area (Å²) in [6, 6.07) is 13.0. The van der Waals surface area contributed by atoms with Crippen LogP contribution in [0.5, 0.6) is 0 Å². The third-order valence-electron chi connectivity index (χ3n) is 3.47. The van der Waals surface area contributed by atoms with Gasteiger partial charge >= 0.3 is 0 Å². The van der Waals surface area contributed by atoms with Gasteiger partial charge in [-0.05, 0) is 24.1 Å². The van der Waals surface area contributed by atoms with E-state index < -0.39 is 26.2 Å². The largest absolute Gasteiger partial charge is 0.325 e. The summed E-state index contributed by atoms with van der Waals surface area (Å²) in [6.07, 6.45) is 0.314. The molecule has 0 saturated carbocycles.